The lowest BCUT2D eigenvalue weighted by Gasteiger charge is -2.13. The summed E-state index contributed by atoms with van der Waals surface area (Å²) in [7, 11) is 0. The second-order valence-corrected chi connectivity index (χ2v) is 5.49. The SMILES string of the molecule is CC1=CNc2c(cc(C#N)c3[nH]ncc23)C(c2ccccc2F)=N1. The molecule has 116 valence electrons. The Morgan fingerprint density at radius 3 is 2.83 bits per heavy atom. The van der Waals surface area contributed by atoms with Crippen molar-refractivity contribution in [2.45, 2.75) is 6.92 Å². The molecule has 24 heavy (non-hydrogen) atoms. The van der Waals surface area contributed by atoms with E-state index >= 15 is 0 Å². The first-order valence-corrected chi connectivity index (χ1v) is 7.36. The number of H-pyrrole nitrogens is 1. The lowest BCUT2D eigenvalue weighted by atomic mass is 9.96. The molecule has 0 fully saturated rings. The summed E-state index contributed by atoms with van der Waals surface area (Å²) in [6, 6.07) is 10.4. The molecule has 0 radical (unpaired) electrons. The van der Waals surface area contributed by atoms with Gasteiger partial charge in [-0.15, -0.1) is 0 Å². The lowest BCUT2D eigenvalue weighted by molar-refractivity contribution is 0.625. The highest BCUT2D eigenvalue weighted by Gasteiger charge is 2.22. The summed E-state index contributed by atoms with van der Waals surface area (Å²) in [6.07, 6.45) is 3.40. The van der Waals surface area contributed by atoms with Crippen LogP contribution in [0.5, 0.6) is 0 Å². The molecule has 0 amide bonds. The number of aromatic nitrogens is 2. The molecule has 1 aromatic heterocycles. The van der Waals surface area contributed by atoms with Crippen molar-refractivity contribution in [3.63, 3.8) is 0 Å². The van der Waals surface area contributed by atoms with Crippen molar-refractivity contribution >= 4 is 22.3 Å². The maximum atomic E-state index is 14.4. The number of hydrogen-bond acceptors (Lipinski definition) is 4. The molecule has 0 atom stereocenters. The molecule has 0 unspecified atom stereocenters. The minimum Gasteiger partial charge on any atom is -0.359 e. The van der Waals surface area contributed by atoms with E-state index in [9.17, 15) is 9.65 Å². The van der Waals surface area contributed by atoms with E-state index in [2.05, 4.69) is 26.6 Å². The number of hydrogen-bond donors (Lipinski definition) is 2. The second kappa shape index (κ2) is 5.32. The number of benzene rings is 2. The zero-order valence-corrected chi connectivity index (χ0v) is 12.8. The van der Waals surface area contributed by atoms with Gasteiger partial charge in [-0.2, -0.15) is 10.4 Å². The van der Waals surface area contributed by atoms with E-state index in [1.807, 2.05) is 6.92 Å². The van der Waals surface area contributed by atoms with Crippen LogP contribution in [0.4, 0.5) is 10.1 Å². The Morgan fingerprint density at radius 1 is 1.21 bits per heavy atom. The number of fused-ring (bicyclic) bond motifs is 3. The third kappa shape index (κ3) is 2.07. The van der Waals surface area contributed by atoms with Gasteiger partial charge in [0.15, 0.2) is 0 Å². The standard InChI is InChI=1S/C18H12FN5/c1-10-8-21-17-13(6-11(7-20)16-14(17)9-22-24-16)18(23-10)12-4-2-3-5-15(12)19/h2-6,8-9,21H,1H3,(H,22,24). The van der Waals surface area contributed by atoms with E-state index in [1.54, 1.807) is 36.7 Å². The van der Waals surface area contributed by atoms with Gasteiger partial charge in [0, 0.05) is 22.7 Å². The van der Waals surface area contributed by atoms with E-state index in [-0.39, 0.29) is 5.82 Å². The molecule has 5 nitrogen and oxygen atoms in total. The minimum absolute atomic E-state index is 0.359. The zero-order chi connectivity index (χ0) is 16.7. The van der Waals surface area contributed by atoms with Gasteiger partial charge < -0.3 is 5.32 Å². The van der Waals surface area contributed by atoms with Gasteiger partial charge in [-0.1, -0.05) is 12.1 Å². The van der Waals surface area contributed by atoms with Crippen LogP contribution in [0.15, 0.2) is 53.4 Å². The summed E-state index contributed by atoms with van der Waals surface area (Å²) in [5.74, 6) is -0.359. The molecule has 0 saturated carbocycles. The first-order valence-electron chi connectivity index (χ1n) is 7.36. The highest BCUT2D eigenvalue weighted by Crippen LogP contribution is 2.33. The smallest absolute Gasteiger partial charge is 0.132 e. The predicted molar refractivity (Wildman–Crippen MR) is 90.2 cm³/mol. The van der Waals surface area contributed by atoms with Gasteiger partial charge in [-0.05, 0) is 25.1 Å². The summed E-state index contributed by atoms with van der Waals surface area (Å²) in [5, 5.41) is 20.3. The van der Waals surface area contributed by atoms with Gasteiger partial charge in [0.2, 0.25) is 0 Å². The van der Waals surface area contributed by atoms with Gasteiger partial charge >= 0.3 is 0 Å². The van der Waals surface area contributed by atoms with Crippen LogP contribution in [0.25, 0.3) is 10.9 Å². The number of nitriles is 1. The van der Waals surface area contributed by atoms with Crippen LogP contribution in [0, 0.1) is 17.1 Å². The first-order chi connectivity index (χ1) is 11.7. The minimum atomic E-state index is -0.359. The van der Waals surface area contributed by atoms with Crippen molar-refractivity contribution in [2.24, 2.45) is 4.99 Å². The van der Waals surface area contributed by atoms with E-state index in [1.165, 1.54) is 6.07 Å². The van der Waals surface area contributed by atoms with Crippen molar-refractivity contribution < 1.29 is 4.39 Å². The zero-order valence-electron chi connectivity index (χ0n) is 12.8. The van der Waals surface area contributed by atoms with Crippen LogP contribution >= 0.6 is 0 Å². The quantitative estimate of drug-likeness (QED) is 0.718. The molecule has 1 aliphatic heterocycles. The average Bonchev–Trinajstić information content (AvgIpc) is 3.01. The molecule has 0 spiro atoms. The molecule has 6 heteroatoms. The Balaban J connectivity index is 2.09. The Morgan fingerprint density at radius 2 is 2.04 bits per heavy atom. The van der Waals surface area contributed by atoms with Crippen molar-refractivity contribution in [3.05, 3.63) is 70.9 Å². The molecule has 2 heterocycles. The fraction of sp³-hybridized carbons (Fsp3) is 0.0556. The number of aromatic amines is 1. The predicted octanol–water partition coefficient (Wildman–Crippen LogP) is 3.70. The van der Waals surface area contributed by atoms with Crippen molar-refractivity contribution in [3.8, 4) is 6.07 Å². The molecule has 0 saturated heterocycles. The van der Waals surface area contributed by atoms with Crippen LogP contribution < -0.4 is 5.32 Å². The van der Waals surface area contributed by atoms with Crippen LogP contribution in [0.3, 0.4) is 0 Å². The largest absolute Gasteiger partial charge is 0.359 e. The Bertz CT molecular complexity index is 1070. The van der Waals surface area contributed by atoms with Crippen LogP contribution in [0.1, 0.15) is 23.6 Å². The van der Waals surface area contributed by atoms with E-state index in [0.29, 0.717) is 33.6 Å². The summed E-state index contributed by atoms with van der Waals surface area (Å²) >= 11 is 0. The number of anilines is 1. The van der Waals surface area contributed by atoms with Crippen molar-refractivity contribution in [1.29, 1.82) is 5.26 Å². The molecule has 2 aromatic carbocycles. The molecule has 1 aliphatic rings. The third-order valence-corrected chi connectivity index (χ3v) is 3.95. The van der Waals surface area contributed by atoms with Crippen LogP contribution in [-0.2, 0) is 0 Å². The van der Waals surface area contributed by atoms with Gasteiger partial charge in [0.25, 0.3) is 0 Å². The number of aliphatic imine (C=N–C) groups is 1. The monoisotopic (exact) mass is 317 g/mol. The number of nitrogens with one attached hydrogen (secondary N) is 2. The molecule has 0 bridgehead atoms. The van der Waals surface area contributed by atoms with Crippen LogP contribution in [0.2, 0.25) is 0 Å². The highest BCUT2D eigenvalue weighted by molar-refractivity contribution is 6.20. The fourth-order valence-corrected chi connectivity index (χ4v) is 2.85. The number of rotatable bonds is 1. The Hall–Kier alpha value is -3.46. The average molecular weight is 317 g/mol. The van der Waals surface area contributed by atoms with E-state index in [4.69, 9.17) is 0 Å². The molecule has 0 aliphatic carbocycles. The Labute approximate surface area is 137 Å². The number of nitrogens with zero attached hydrogens (tertiary/aromatic N) is 3. The highest BCUT2D eigenvalue weighted by atomic mass is 19.1. The molecule has 3 aromatic rings. The maximum absolute atomic E-state index is 14.4. The maximum Gasteiger partial charge on any atom is 0.132 e. The van der Waals surface area contributed by atoms with Crippen LogP contribution in [-0.4, -0.2) is 15.9 Å². The normalized spacial score (nSPS) is 13.4. The molecular formula is C18H12FN5. The van der Waals surface area contributed by atoms with E-state index in [0.717, 1.165) is 11.1 Å². The first kappa shape index (κ1) is 14.2. The fourth-order valence-electron chi connectivity index (χ4n) is 2.85. The molecular weight excluding hydrogens is 305 g/mol. The topological polar surface area (TPSA) is 76.9 Å². The van der Waals surface area contributed by atoms with E-state index < -0.39 is 0 Å². The molecule has 4 rings (SSSR count). The number of allylic oxidation sites excluding steroid dienone is 1. The Kier molecular flexibility index (Phi) is 3.14. The molecule has 2 N–H and O–H groups in total. The summed E-state index contributed by atoms with van der Waals surface area (Å²) in [6.45, 7) is 1.83. The second-order valence-electron chi connectivity index (χ2n) is 5.49. The summed E-state index contributed by atoms with van der Waals surface area (Å²) in [5.41, 5.74) is 4.08. The van der Waals surface area contributed by atoms with Gasteiger partial charge in [-0.25, -0.2) is 4.39 Å². The number of halogens is 1. The third-order valence-electron chi connectivity index (χ3n) is 3.95. The summed E-state index contributed by atoms with van der Waals surface area (Å²) in [4.78, 5) is 4.55. The van der Waals surface area contributed by atoms with Crippen molar-refractivity contribution in [2.75, 3.05) is 5.32 Å². The lowest BCUT2D eigenvalue weighted by Crippen LogP contribution is -2.08. The van der Waals surface area contributed by atoms with Crippen molar-refractivity contribution in [1.82, 2.24) is 10.2 Å². The van der Waals surface area contributed by atoms with Gasteiger partial charge in [0.05, 0.1) is 34.4 Å². The van der Waals surface area contributed by atoms with Gasteiger partial charge in [0.1, 0.15) is 11.9 Å². The van der Waals surface area contributed by atoms with Gasteiger partial charge in [-0.3, -0.25) is 10.1 Å². The summed E-state index contributed by atoms with van der Waals surface area (Å²) < 4.78 is 14.4.